The lowest BCUT2D eigenvalue weighted by molar-refractivity contribution is -0.137. The van der Waals surface area contributed by atoms with Crippen molar-refractivity contribution in [3.63, 3.8) is 0 Å². The van der Waals surface area contributed by atoms with Gasteiger partial charge in [-0.15, -0.1) is 11.3 Å². The predicted molar refractivity (Wildman–Crippen MR) is 96.1 cm³/mol. The molecule has 3 aromatic rings. The molecule has 0 bridgehead atoms. The zero-order valence-electron chi connectivity index (χ0n) is 13.2. The van der Waals surface area contributed by atoms with Gasteiger partial charge < -0.3 is 5.32 Å². The minimum absolute atomic E-state index is 0.00978. The number of nitrogens with one attached hydrogen (secondary N) is 1. The maximum atomic E-state index is 12.7. The van der Waals surface area contributed by atoms with Gasteiger partial charge >= 0.3 is 6.18 Å². The van der Waals surface area contributed by atoms with Crippen LogP contribution in [0.2, 0.25) is 0 Å². The molecule has 134 valence electrons. The fraction of sp³-hybridized carbons (Fsp3) is 0.118. The summed E-state index contributed by atoms with van der Waals surface area (Å²) in [4.78, 5) is 21.5. The summed E-state index contributed by atoms with van der Waals surface area (Å²) >= 11 is 2.66. The molecule has 1 amide bonds. The first-order valence-electron chi connectivity index (χ1n) is 7.38. The number of hydrogen-bond donors (Lipinski definition) is 1. The van der Waals surface area contributed by atoms with E-state index in [-0.39, 0.29) is 11.4 Å². The molecule has 1 aromatic carbocycles. The van der Waals surface area contributed by atoms with Crippen molar-refractivity contribution in [1.82, 2.24) is 9.97 Å². The molecular formula is C17H12F3N3OS2. The van der Waals surface area contributed by atoms with E-state index in [2.05, 4.69) is 15.3 Å². The molecule has 0 radical (unpaired) electrons. The highest BCUT2D eigenvalue weighted by molar-refractivity contribution is 7.99. The summed E-state index contributed by atoms with van der Waals surface area (Å²) in [5.74, 6) is -0.441. The average molecular weight is 395 g/mol. The molecule has 0 aliphatic heterocycles. The van der Waals surface area contributed by atoms with Gasteiger partial charge in [0.05, 0.1) is 21.9 Å². The Morgan fingerprint density at radius 2 is 2.04 bits per heavy atom. The largest absolute Gasteiger partial charge is 0.416 e. The van der Waals surface area contributed by atoms with E-state index in [4.69, 9.17) is 0 Å². The van der Waals surface area contributed by atoms with E-state index in [0.717, 1.165) is 34.5 Å². The second kappa shape index (κ2) is 7.88. The van der Waals surface area contributed by atoms with Crippen molar-refractivity contribution < 1.29 is 18.0 Å². The fourth-order valence-corrected chi connectivity index (χ4v) is 3.40. The molecular weight excluding hydrogens is 383 g/mol. The van der Waals surface area contributed by atoms with Gasteiger partial charge in [0, 0.05) is 11.9 Å². The highest BCUT2D eigenvalue weighted by atomic mass is 32.2. The van der Waals surface area contributed by atoms with Gasteiger partial charge in [-0.3, -0.25) is 4.79 Å². The highest BCUT2D eigenvalue weighted by Crippen LogP contribution is 2.30. The Balaban J connectivity index is 1.60. The number of amides is 1. The monoisotopic (exact) mass is 395 g/mol. The van der Waals surface area contributed by atoms with E-state index in [0.29, 0.717) is 5.16 Å². The first kappa shape index (κ1) is 18.4. The van der Waals surface area contributed by atoms with Crippen molar-refractivity contribution in [3.8, 4) is 10.6 Å². The van der Waals surface area contributed by atoms with Crippen molar-refractivity contribution >= 4 is 34.7 Å². The summed E-state index contributed by atoms with van der Waals surface area (Å²) in [6, 6.07) is 10.1. The van der Waals surface area contributed by atoms with Crippen molar-refractivity contribution in [1.29, 1.82) is 0 Å². The van der Waals surface area contributed by atoms with Gasteiger partial charge in [-0.1, -0.05) is 23.9 Å². The van der Waals surface area contributed by atoms with Crippen LogP contribution in [0.1, 0.15) is 5.56 Å². The van der Waals surface area contributed by atoms with E-state index in [1.165, 1.54) is 12.1 Å². The van der Waals surface area contributed by atoms with Crippen LogP contribution >= 0.6 is 23.1 Å². The molecule has 1 N–H and O–H groups in total. The number of rotatable bonds is 5. The summed E-state index contributed by atoms with van der Waals surface area (Å²) < 4.78 is 38.1. The zero-order valence-corrected chi connectivity index (χ0v) is 14.8. The summed E-state index contributed by atoms with van der Waals surface area (Å²) in [5.41, 5.74) is 0.0457. The third kappa shape index (κ3) is 4.83. The van der Waals surface area contributed by atoms with Crippen LogP contribution in [0.4, 0.5) is 18.9 Å². The molecule has 0 spiro atoms. The molecule has 9 heteroatoms. The summed E-state index contributed by atoms with van der Waals surface area (Å²) in [6.45, 7) is 0. The van der Waals surface area contributed by atoms with Crippen molar-refractivity contribution in [2.45, 2.75) is 11.3 Å². The van der Waals surface area contributed by atoms with Crippen LogP contribution in [0, 0.1) is 0 Å². The normalized spacial score (nSPS) is 11.3. The minimum atomic E-state index is -4.45. The Kier molecular flexibility index (Phi) is 5.58. The van der Waals surface area contributed by atoms with Gasteiger partial charge in [0.2, 0.25) is 5.91 Å². The molecule has 2 aromatic heterocycles. The maximum Gasteiger partial charge on any atom is 0.416 e. The number of aromatic nitrogens is 2. The third-order valence-electron chi connectivity index (χ3n) is 3.21. The molecule has 0 saturated carbocycles. The number of carbonyl (C=O) groups excluding carboxylic acids is 1. The Bertz CT molecular complexity index is 898. The average Bonchev–Trinajstić information content (AvgIpc) is 3.14. The standard InChI is InChI=1S/C17H12F3N3OS2/c18-17(19,20)11-3-1-4-12(9-11)22-15(24)10-26-16-21-7-6-13(23-16)14-5-2-8-25-14/h1-9H,10H2,(H,22,24). The van der Waals surface area contributed by atoms with Crippen LogP contribution in [0.5, 0.6) is 0 Å². The molecule has 3 rings (SSSR count). The van der Waals surface area contributed by atoms with Gasteiger partial charge in [-0.2, -0.15) is 13.2 Å². The van der Waals surface area contributed by atoms with Crippen LogP contribution in [-0.2, 0) is 11.0 Å². The molecule has 0 saturated heterocycles. The number of benzene rings is 1. The Labute approximate surface area is 155 Å². The zero-order chi connectivity index (χ0) is 18.6. The number of carbonyl (C=O) groups is 1. The SMILES string of the molecule is O=C(CSc1nccc(-c2cccs2)n1)Nc1cccc(C(F)(F)F)c1. The van der Waals surface area contributed by atoms with Crippen molar-refractivity contribution in [3.05, 3.63) is 59.6 Å². The Hall–Kier alpha value is -2.39. The number of anilines is 1. The smallest absolute Gasteiger partial charge is 0.325 e. The lowest BCUT2D eigenvalue weighted by Crippen LogP contribution is -2.15. The molecule has 26 heavy (non-hydrogen) atoms. The van der Waals surface area contributed by atoms with Crippen LogP contribution in [-0.4, -0.2) is 21.6 Å². The number of halogens is 3. The second-order valence-corrected chi connectivity index (χ2v) is 7.01. The quantitative estimate of drug-likeness (QED) is 0.490. The first-order chi connectivity index (χ1) is 12.4. The van der Waals surface area contributed by atoms with E-state index >= 15 is 0 Å². The van der Waals surface area contributed by atoms with Crippen molar-refractivity contribution in [2.24, 2.45) is 0 Å². The second-order valence-electron chi connectivity index (χ2n) is 5.12. The topological polar surface area (TPSA) is 54.9 Å². The fourth-order valence-electron chi connectivity index (χ4n) is 2.07. The maximum absolute atomic E-state index is 12.7. The van der Waals surface area contributed by atoms with E-state index in [1.54, 1.807) is 23.6 Å². The van der Waals surface area contributed by atoms with Gasteiger partial charge in [-0.05, 0) is 35.7 Å². The third-order valence-corrected chi connectivity index (χ3v) is 4.97. The van der Waals surface area contributed by atoms with E-state index < -0.39 is 17.6 Å². The minimum Gasteiger partial charge on any atom is -0.325 e. The number of thioether (sulfide) groups is 1. The molecule has 0 aliphatic carbocycles. The predicted octanol–water partition coefficient (Wildman–Crippen LogP) is 4.95. The van der Waals surface area contributed by atoms with Gasteiger partial charge in [0.25, 0.3) is 0 Å². The lowest BCUT2D eigenvalue weighted by atomic mass is 10.2. The Morgan fingerprint density at radius 1 is 1.19 bits per heavy atom. The summed E-state index contributed by atoms with van der Waals surface area (Å²) in [5, 5.41) is 4.82. The van der Waals surface area contributed by atoms with Gasteiger partial charge in [0.1, 0.15) is 0 Å². The number of hydrogen-bond acceptors (Lipinski definition) is 5. The van der Waals surface area contributed by atoms with E-state index in [1.807, 2.05) is 17.5 Å². The van der Waals surface area contributed by atoms with Gasteiger partial charge in [0.15, 0.2) is 5.16 Å². The number of alkyl halides is 3. The first-order valence-corrected chi connectivity index (χ1v) is 9.25. The Morgan fingerprint density at radius 3 is 2.77 bits per heavy atom. The van der Waals surface area contributed by atoms with Gasteiger partial charge in [-0.25, -0.2) is 9.97 Å². The highest BCUT2D eigenvalue weighted by Gasteiger charge is 2.30. The summed E-state index contributed by atoms with van der Waals surface area (Å²) in [7, 11) is 0. The number of nitrogens with zero attached hydrogens (tertiary/aromatic N) is 2. The van der Waals surface area contributed by atoms with Crippen LogP contribution in [0.3, 0.4) is 0 Å². The molecule has 0 atom stereocenters. The molecule has 4 nitrogen and oxygen atoms in total. The van der Waals surface area contributed by atoms with Crippen LogP contribution in [0.25, 0.3) is 10.6 Å². The molecule has 0 fully saturated rings. The molecule has 0 unspecified atom stereocenters. The number of thiophene rings is 1. The van der Waals surface area contributed by atoms with E-state index in [9.17, 15) is 18.0 Å². The molecule has 2 heterocycles. The molecule has 0 aliphatic rings. The van der Waals surface area contributed by atoms with Crippen LogP contribution in [0.15, 0.2) is 59.2 Å². The summed E-state index contributed by atoms with van der Waals surface area (Å²) in [6.07, 6.45) is -2.85. The lowest BCUT2D eigenvalue weighted by Gasteiger charge is -2.09. The van der Waals surface area contributed by atoms with Crippen LogP contribution < -0.4 is 5.32 Å². The van der Waals surface area contributed by atoms with Crippen molar-refractivity contribution in [2.75, 3.05) is 11.1 Å².